The van der Waals surface area contributed by atoms with Crippen LogP contribution in [0.2, 0.25) is 0 Å². The third kappa shape index (κ3) is 2.02. The Bertz CT molecular complexity index is 937. The summed E-state index contributed by atoms with van der Waals surface area (Å²) in [4.78, 5) is 12.0. The molecule has 8 nitrogen and oxygen atoms in total. The van der Waals surface area contributed by atoms with Crippen LogP contribution in [0.4, 0.5) is 0 Å². The van der Waals surface area contributed by atoms with E-state index in [4.69, 9.17) is 5.73 Å². The molecule has 0 unspecified atom stereocenters. The average Bonchev–Trinajstić information content (AvgIpc) is 3.09. The molecule has 0 spiro atoms. The molecule has 4 rings (SSSR count). The van der Waals surface area contributed by atoms with Crippen molar-refractivity contribution in [3.05, 3.63) is 34.9 Å². The second-order valence-corrected chi connectivity index (χ2v) is 5.79. The minimum atomic E-state index is -0.455. The number of hydrogen-bond acceptors (Lipinski definition) is 5. The highest BCUT2D eigenvalue weighted by Gasteiger charge is 2.25. The number of carbonyl (C=O) groups is 1. The molecule has 0 fully saturated rings. The highest BCUT2D eigenvalue weighted by Crippen LogP contribution is 2.28. The predicted octanol–water partition coefficient (Wildman–Crippen LogP) is 0.412. The zero-order chi connectivity index (χ0) is 16.1. The van der Waals surface area contributed by atoms with Crippen LogP contribution in [0.1, 0.15) is 27.4 Å². The number of nitrogens with two attached hydrogens (primary N) is 1. The molecule has 23 heavy (non-hydrogen) atoms. The van der Waals surface area contributed by atoms with Crippen molar-refractivity contribution >= 4 is 11.6 Å². The van der Waals surface area contributed by atoms with Crippen LogP contribution < -0.4 is 11.1 Å². The van der Waals surface area contributed by atoms with Gasteiger partial charge in [-0.05, 0) is 25.5 Å². The first-order chi connectivity index (χ1) is 11.1. The van der Waals surface area contributed by atoms with Crippen molar-refractivity contribution in [1.82, 2.24) is 29.7 Å². The number of nitrogens with one attached hydrogen (secondary N) is 1. The third-order valence-corrected chi connectivity index (χ3v) is 4.23. The molecule has 4 heterocycles. The Morgan fingerprint density at radius 1 is 1.35 bits per heavy atom. The molecule has 0 atom stereocenters. The van der Waals surface area contributed by atoms with Gasteiger partial charge in [0.1, 0.15) is 11.5 Å². The van der Waals surface area contributed by atoms with E-state index in [0.29, 0.717) is 17.8 Å². The molecule has 1 aliphatic heterocycles. The summed E-state index contributed by atoms with van der Waals surface area (Å²) in [5.74, 6) is 0.333. The van der Waals surface area contributed by atoms with E-state index in [-0.39, 0.29) is 0 Å². The van der Waals surface area contributed by atoms with Crippen molar-refractivity contribution in [1.29, 1.82) is 0 Å². The Hall–Kier alpha value is -2.74. The van der Waals surface area contributed by atoms with E-state index < -0.39 is 5.91 Å². The van der Waals surface area contributed by atoms with Gasteiger partial charge < -0.3 is 11.1 Å². The van der Waals surface area contributed by atoms with E-state index in [1.165, 1.54) is 0 Å². The van der Waals surface area contributed by atoms with E-state index in [0.717, 1.165) is 41.4 Å². The van der Waals surface area contributed by atoms with Gasteiger partial charge in [-0.2, -0.15) is 5.10 Å². The minimum Gasteiger partial charge on any atom is -0.365 e. The minimum absolute atomic E-state index is 0.455. The molecule has 0 aliphatic carbocycles. The lowest BCUT2D eigenvalue weighted by molar-refractivity contribution is 0.0999. The van der Waals surface area contributed by atoms with Crippen LogP contribution >= 0.6 is 0 Å². The average molecular weight is 311 g/mol. The lowest BCUT2D eigenvalue weighted by Gasteiger charge is -2.15. The fraction of sp³-hybridized carbons (Fsp3) is 0.333. The first-order valence-electron chi connectivity index (χ1n) is 7.49. The Balaban J connectivity index is 1.99. The van der Waals surface area contributed by atoms with Gasteiger partial charge in [-0.3, -0.25) is 13.9 Å². The maximum Gasteiger partial charge on any atom is 0.252 e. The smallest absolute Gasteiger partial charge is 0.252 e. The molecule has 8 heteroatoms. The van der Waals surface area contributed by atoms with Crippen LogP contribution in [-0.4, -0.2) is 36.8 Å². The zero-order valence-corrected chi connectivity index (χ0v) is 13.0. The molecular weight excluding hydrogens is 294 g/mol. The van der Waals surface area contributed by atoms with Crippen LogP contribution in [0, 0.1) is 13.8 Å². The van der Waals surface area contributed by atoms with Gasteiger partial charge in [0.2, 0.25) is 0 Å². The SMILES string of the molecule is Cc1cc(-c2nn3c(c2C(N)=O)CNCC3)cn2c(C)nnc12. The Morgan fingerprint density at radius 3 is 2.96 bits per heavy atom. The molecule has 1 aliphatic rings. The molecule has 0 bridgehead atoms. The molecule has 0 aromatic carbocycles. The lowest BCUT2D eigenvalue weighted by Crippen LogP contribution is -2.30. The van der Waals surface area contributed by atoms with Gasteiger partial charge in [0.25, 0.3) is 5.91 Å². The van der Waals surface area contributed by atoms with Gasteiger partial charge in [-0.25, -0.2) is 0 Å². The molecule has 3 aromatic heterocycles. The maximum absolute atomic E-state index is 12.0. The lowest BCUT2D eigenvalue weighted by atomic mass is 10.0. The summed E-state index contributed by atoms with van der Waals surface area (Å²) in [6.07, 6.45) is 1.91. The molecule has 0 saturated carbocycles. The van der Waals surface area contributed by atoms with E-state index in [1.54, 1.807) is 0 Å². The summed E-state index contributed by atoms with van der Waals surface area (Å²) in [7, 11) is 0. The third-order valence-electron chi connectivity index (χ3n) is 4.23. The number of aryl methyl sites for hydroxylation is 2. The van der Waals surface area contributed by atoms with Crippen molar-refractivity contribution < 1.29 is 4.79 Å². The van der Waals surface area contributed by atoms with Gasteiger partial charge >= 0.3 is 0 Å². The normalized spacial score (nSPS) is 14.2. The maximum atomic E-state index is 12.0. The first-order valence-corrected chi connectivity index (χ1v) is 7.49. The Kier molecular flexibility index (Phi) is 2.95. The van der Waals surface area contributed by atoms with E-state index >= 15 is 0 Å². The number of primary amides is 1. The number of amides is 1. The second-order valence-electron chi connectivity index (χ2n) is 5.79. The molecular formula is C15H17N7O. The van der Waals surface area contributed by atoms with Gasteiger partial charge in [-0.15, -0.1) is 10.2 Å². The van der Waals surface area contributed by atoms with Crippen LogP contribution in [0.5, 0.6) is 0 Å². The first kappa shape index (κ1) is 13.9. The van der Waals surface area contributed by atoms with Crippen molar-refractivity contribution in [2.75, 3.05) is 6.54 Å². The number of aromatic nitrogens is 5. The highest BCUT2D eigenvalue weighted by molar-refractivity contribution is 6.00. The highest BCUT2D eigenvalue weighted by atomic mass is 16.1. The van der Waals surface area contributed by atoms with Gasteiger partial charge in [0.15, 0.2) is 5.65 Å². The summed E-state index contributed by atoms with van der Waals surface area (Å²) >= 11 is 0. The zero-order valence-electron chi connectivity index (χ0n) is 13.0. The fourth-order valence-corrected chi connectivity index (χ4v) is 3.11. The molecule has 3 aromatic rings. The van der Waals surface area contributed by atoms with Crippen molar-refractivity contribution in [3.8, 4) is 11.3 Å². The predicted molar refractivity (Wildman–Crippen MR) is 83.9 cm³/mol. The van der Waals surface area contributed by atoms with E-state index in [9.17, 15) is 4.79 Å². The number of nitrogens with zero attached hydrogens (tertiary/aromatic N) is 5. The Labute approximate surface area is 132 Å². The quantitative estimate of drug-likeness (QED) is 0.713. The summed E-state index contributed by atoms with van der Waals surface area (Å²) in [6, 6.07) is 1.97. The molecule has 0 saturated heterocycles. The van der Waals surface area contributed by atoms with Crippen molar-refractivity contribution in [3.63, 3.8) is 0 Å². The molecule has 0 radical (unpaired) electrons. The Morgan fingerprint density at radius 2 is 2.17 bits per heavy atom. The molecule has 1 amide bonds. The van der Waals surface area contributed by atoms with Crippen molar-refractivity contribution in [2.24, 2.45) is 5.73 Å². The summed E-state index contributed by atoms with van der Waals surface area (Å²) in [6.45, 7) is 6.00. The number of rotatable bonds is 2. The number of carbonyl (C=O) groups excluding carboxylic acids is 1. The summed E-state index contributed by atoms with van der Waals surface area (Å²) in [5, 5.41) is 16.1. The van der Waals surface area contributed by atoms with E-state index in [1.807, 2.05) is 35.2 Å². The van der Waals surface area contributed by atoms with Crippen LogP contribution in [0.15, 0.2) is 12.3 Å². The van der Waals surface area contributed by atoms with Gasteiger partial charge in [-0.1, -0.05) is 0 Å². The number of hydrogen-bond donors (Lipinski definition) is 2. The van der Waals surface area contributed by atoms with Crippen molar-refractivity contribution in [2.45, 2.75) is 26.9 Å². The van der Waals surface area contributed by atoms with Gasteiger partial charge in [0, 0.05) is 24.8 Å². The molecule has 118 valence electrons. The van der Waals surface area contributed by atoms with Gasteiger partial charge in [0.05, 0.1) is 17.8 Å². The monoisotopic (exact) mass is 311 g/mol. The number of pyridine rings is 1. The second kappa shape index (κ2) is 4.88. The fourth-order valence-electron chi connectivity index (χ4n) is 3.11. The summed E-state index contributed by atoms with van der Waals surface area (Å²) in [5.41, 5.74) is 10.2. The topological polar surface area (TPSA) is 103 Å². The van der Waals surface area contributed by atoms with Crippen LogP contribution in [-0.2, 0) is 13.1 Å². The van der Waals surface area contributed by atoms with Crippen LogP contribution in [0.25, 0.3) is 16.9 Å². The standard InChI is InChI=1S/C15H17N7O/c1-8-5-10(7-21-9(2)18-19-15(8)21)13-12(14(16)23)11-6-17-3-4-22(11)20-13/h5,7,17H,3-4,6H2,1-2H3,(H2,16,23). The van der Waals surface area contributed by atoms with E-state index in [2.05, 4.69) is 20.6 Å². The summed E-state index contributed by atoms with van der Waals surface area (Å²) < 4.78 is 3.77. The molecule has 3 N–H and O–H groups in total. The van der Waals surface area contributed by atoms with Crippen LogP contribution in [0.3, 0.4) is 0 Å². The number of fused-ring (bicyclic) bond motifs is 2. The largest absolute Gasteiger partial charge is 0.365 e.